The van der Waals surface area contributed by atoms with Crippen molar-refractivity contribution in [2.75, 3.05) is 33.5 Å². The van der Waals surface area contributed by atoms with E-state index in [9.17, 15) is 0 Å². The van der Waals surface area contributed by atoms with Crippen molar-refractivity contribution in [2.24, 2.45) is 11.7 Å². The van der Waals surface area contributed by atoms with E-state index < -0.39 is 0 Å². The van der Waals surface area contributed by atoms with Crippen LogP contribution < -0.4 is 5.73 Å². The summed E-state index contributed by atoms with van der Waals surface area (Å²) in [6, 6.07) is 0. The number of rotatable bonds is 9. The number of nitrogens with two attached hydrogens (primary N) is 1. The maximum absolute atomic E-state index is 5.53. The van der Waals surface area contributed by atoms with Crippen molar-refractivity contribution in [3.63, 3.8) is 0 Å². The van der Waals surface area contributed by atoms with Crippen molar-refractivity contribution in [2.45, 2.75) is 19.8 Å². The highest BCUT2D eigenvalue weighted by Crippen LogP contribution is 2.05. The molecule has 1 aromatic heterocycles. The van der Waals surface area contributed by atoms with Crippen molar-refractivity contribution >= 4 is 0 Å². The Balaban J connectivity index is 2.21. The topological polar surface area (TPSA) is 83.4 Å². The predicted molar refractivity (Wildman–Crippen MR) is 62.6 cm³/mol. The average Bonchev–Trinajstić information content (AvgIpc) is 2.76. The second-order valence-electron chi connectivity index (χ2n) is 4.00. The van der Waals surface area contributed by atoms with E-state index in [1.807, 2.05) is 0 Å². The van der Waals surface area contributed by atoms with Gasteiger partial charge in [-0.3, -0.25) is 0 Å². The van der Waals surface area contributed by atoms with Crippen LogP contribution in [0, 0.1) is 5.92 Å². The van der Waals surface area contributed by atoms with E-state index in [1.54, 1.807) is 7.11 Å². The van der Waals surface area contributed by atoms with Crippen molar-refractivity contribution in [3.8, 4) is 0 Å². The molecule has 6 heteroatoms. The lowest BCUT2D eigenvalue weighted by atomic mass is 10.1. The molecule has 0 aromatic carbocycles. The monoisotopic (exact) mass is 243 g/mol. The van der Waals surface area contributed by atoms with E-state index in [1.165, 1.54) is 0 Å². The minimum Gasteiger partial charge on any atom is -0.382 e. The molecular weight excluding hydrogens is 222 g/mol. The fourth-order valence-corrected chi connectivity index (χ4v) is 1.26. The Labute approximate surface area is 101 Å². The molecule has 1 rings (SSSR count). The Morgan fingerprint density at radius 2 is 2.18 bits per heavy atom. The van der Waals surface area contributed by atoms with Gasteiger partial charge in [0.1, 0.15) is 0 Å². The van der Waals surface area contributed by atoms with Gasteiger partial charge < -0.3 is 19.7 Å². The molecule has 6 nitrogen and oxygen atoms in total. The van der Waals surface area contributed by atoms with Crippen molar-refractivity contribution < 1.29 is 14.0 Å². The minimum atomic E-state index is 0.362. The standard InChI is InChI=1S/C11H21N3O3/c1-9(8-12)7-11-13-10(14-17-11)3-4-16-6-5-15-2/h9H,3-8,12H2,1-2H3. The van der Waals surface area contributed by atoms with Crippen molar-refractivity contribution in [1.29, 1.82) is 0 Å². The van der Waals surface area contributed by atoms with E-state index in [4.69, 9.17) is 19.7 Å². The normalized spacial score (nSPS) is 12.9. The molecule has 0 aliphatic carbocycles. The van der Waals surface area contributed by atoms with Crippen molar-refractivity contribution in [3.05, 3.63) is 11.7 Å². The van der Waals surface area contributed by atoms with Gasteiger partial charge >= 0.3 is 0 Å². The smallest absolute Gasteiger partial charge is 0.226 e. The van der Waals surface area contributed by atoms with Crippen LogP contribution in [-0.2, 0) is 22.3 Å². The molecule has 0 saturated heterocycles. The minimum absolute atomic E-state index is 0.362. The molecule has 0 fully saturated rings. The van der Waals surface area contributed by atoms with Crippen LogP contribution in [-0.4, -0.2) is 43.6 Å². The average molecular weight is 243 g/mol. The van der Waals surface area contributed by atoms with Gasteiger partial charge in [-0.25, -0.2) is 0 Å². The summed E-state index contributed by atoms with van der Waals surface area (Å²) in [6.45, 7) is 4.45. The molecule has 0 aliphatic heterocycles. The van der Waals surface area contributed by atoms with Crippen LogP contribution in [0.4, 0.5) is 0 Å². The van der Waals surface area contributed by atoms with Crippen LogP contribution in [0.5, 0.6) is 0 Å². The summed E-state index contributed by atoms with van der Waals surface area (Å²) in [5.41, 5.74) is 5.53. The lowest BCUT2D eigenvalue weighted by molar-refractivity contribution is 0.0714. The van der Waals surface area contributed by atoms with Gasteiger partial charge in [0.25, 0.3) is 0 Å². The molecule has 2 N–H and O–H groups in total. The number of hydrogen-bond donors (Lipinski definition) is 1. The molecule has 1 unspecified atom stereocenters. The fraction of sp³-hybridized carbons (Fsp3) is 0.818. The third kappa shape index (κ3) is 5.76. The first-order valence-electron chi connectivity index (χ1n) is 5.84. The second kappa shape index (κ2) is 8.16. The zero-order valence-electron chi connectivity index (χ0n) is 10.5. The zero-order valence-corrected chi connectivity index (χ0v) is 10.5. The summed E-state index contributed by atoms with van der Waals surface area (Å²) < 4.78 is 15.3. The molecule has 0 radical (unpaired) electrons. The van der Waals surface area contributed by atoms with Crippen LogP contribution in [0.25, 0.3) is 0 Å². The molecule has 1 atom stereocenters. The maximum atomic E-state index is 5.53. The molecule has 17 heavy (non-hydrogen) atoms. The van der Waals surface area contributed by atoms with Gasteiger partial charge in [0.05, 0.1) is 19.8 Å². The third-order valence-electron chi connectivity index (χ3n) is 2.34. The molecule has 1 heterocycles. The first kappa shape index (κ1) is 14.1. The molecule has 98 valence electrons. The number of ether oxygens (including phenoxy) is 2. The number of hydrogen-bond acceptors (Lipinski definition) is 6. The van der Waals surface area contributed by atoms with Gasteiger partial charge in [-0.2, -0.15) is 4.98 Å². The van der Waals surface area contributed by atoms with Crippen LogP contribution in [0.2, 0.25) is 0 Å². The Morgan fingerprint density at radius 3 is 2.88 bits per heavy atom. The molecule has 0 spiro atoms. The quantitative estimate of drug-likeness (QED) is 0.632. The van der Waals surface area contributed by atoms with Gasteiger partial charge in [0, 0.05) is 20.0 Å². The van der Waals surface area contributed by atoms with E-state index in [2.05, 4.69) is 17.1 Å². The highest BCUT2D eigenvalue weighted by Gasteiger charge is 2.09. The first-order chi connectivity index (χ1) is 8.26. The van der Waals surface area contributed by atoms with Gasteiger partial charge in [0.15, 0.2) is 5.82 Å². The van der Waals surface area contributed by atoms with Crippen molar-refractivity contribution in [1.82, 2.24) is 10.1 Å². The summed E-state index contributed by atoms with van der Waals surface area (Å²) in [5, 5.41) is 3.88. The van der Waals surface area contributed by atoms with E-state index >= 15 is 0 Å². The third-order valence-corrected chi connectivity index (χ3v) is 2.34. The first-order valence-corrected chi connectivity index (χ1v) is 5.84. The van der Waals surface area contributed by atoms with Gasteiger partial charge in [-0.1, -0.05) is 12.1 Å². The summed E-state index contributed by atoms with van der Waals surface area (Å²) in [4.78, 5) is 4.27. The molecule has 0 amide bonds. The Morgan fingerprint density at radius 1 is 1.35 bits per heavy atom. The van der Waals surface area contributed by atoms with Gasteiger partial charge in [-0.05, 0) is 12.5 Å². The predicted octanol–water partition coefficient (Wildman–Crippen LogP) is 0.412. The maximum Gasteiger partial charge on any atom is 0.226 e. The second-order valence-corrected chi connectivity index (χ2v) is 4.00. The molecule has 1 aromatic rings. The lowest BCUT2D eigenvalue weighted by Gasteiger charge is -2.02. The largest absolute Gasteiger partial charge is 0.382 e. The lowest BCUT2D eigenvalue weighted by Crippen LogP contribution is -2.13. The fourth-order valence-electron chi connectivity index (χ4n) is 1.26. The Hall–Kier alpha value is -0.980. The highest BCUT2D eigenvalue weighted by molar-refractivity contribution is 4.87. The number of methoxy groups -OCH3 is 1. The number of aromatic nitrogens is 2. The molecule has 0 aliphatic rings. The SMILES string of the molecule is COCCOCCc1noc(CC(C)CN)n1. The Bertz CT molecular complexity index is 304. The van der Waals surface area contributed by atoms with Gasteiger partial charge in [-0.15, -0.1) is 0 Å². The van der Waals surface area contributed by atoms with Crippen LogP contribution in [0.3, 0.4) is 0 Å². The summed E-state index contributed by atoms with van der Waals surface area (Å²) in [7, 11) is 1.65. The van der Waals surface area contributed by atoms with Gasteiger partial charge in [0.2, 0.25) is 5.89 Å². The summed E-state index contributed by atoms with van der Waals surface area (Å²) >= 11 is 0. The zero-order chi connectivity index (χ0) is 12.5. The number of nitrogens with zero attached hydrogens (tertiary/aromatic N) is 2. The van der Waals surface area contributed by atoms with Crippen LogP contribution in [0.15, 0.2) is 4.52 Å². The van der Waals surface area contributed by atoms with E-state index in [0.29, 0.717) is 50.4 Å². The van der Waals surface area contributed by atoms with E-state index in [-0.39, 0.29) is 0 Å². The summed E-state index contributed by atoms with van der Waals surface area (Å²) in [6.07, 6.45) is 1.39. The molecule has 0 bridgehead atoms. The Kier molecular flexibility index (Phi) is 6.76. The molecule has 0 saturated carbocycles. The molecular formula is C11H21N3O3. The summed E-state index contributed by atoms with van der Waals surface area (Å²) in [5.74, 6) is 1.69. The van der Waals surface area contributed by atoms with Crippen LogP contribution in [0.1, 0.15) is 18.6 Å². The van der Waals surface area contributed by atoms with Crippen LogP contribution >= 0.6 is 0 Å². The van der Waals surface area contributed by atoms with E-state index in [0.717, 1.165) is 6.42 Å². The highest BCUT2D eigenvalue weighted by atomic mass is 16.5.